The Morgan fingerprint density at radius 3 is 1.68 bits per heavy atom. The molecule has 0 amide bonds. The summed E-state index contributed by atoms with van der Waals surface area (Å²) in [6.07, 6.45) is 9.92. The molecule has 0 aliphatic heterocycles. The monoisotopic (exact) mass is 564 g/mol. The Morgan fingerprint density at radius 1 is 0.600 bits per heavy atom. The third kappa shape index (κ3) is 7.79. The lowest BCUT2D eigenvalue weighted by molar-refractivity contribution is 0.0116. The normalized spacial score (nSPS) is 23.4. The van der Waals surface area contributed by atoms with Crippen molar-refractivity contribution in [1.29, 1.82) is 0 Å². The maximum absolute atomic E-state index is 15.2. The van der Waals surface area contributed by atoms with Crippen molar-refractivity contribution in [3.05, 3.63) is 64.2 Å². The van der Waals surface area contributed by atoms with Crippen molar-refractivity contribution in [1.82, 2.24) is 0 Å². The van der Waals surface area contributed by atoms with Crippen molar-refractivity contribution < 1.29 is 31.8 Å². The molecule has 0 bridgehead atoms. The van der Waals surface area contributed by atoms with Crippen LogP contribution in [0.4, 0.5) is 17.6 Å². The molecule has 3 nitrogen and oxygen atoms in total. The second kappa shape index (κ2) is 15.2. The van der Waals surface area contributed by atoms with Gasteiger partial charge >= 0.3 is 0 Å². The highest BCUT2D eigenvalue weighted by Gasteiger charge is 2.30. The summed E-state index contributed by atoms with van der Waals surface area (Å²) < 4.78 is 76.5. The minimum absolute atomic E-state index is 0.0286. The molecule has 40 heavy (non-hydrogen) atoms. The van der Waals surface area contributed by atoms with Gasteiger partial charge in [0, 0.05) is 12.2 Å². The van der Waals surface area contributed by atoms with E-state index < -0.39 is 23.3 Å². The van der Waals surface area contributed by atoms with Crippen LogP contribution in [0.3, 0.4) is 0 Å². The van der Waals surface area contributed by atoms with Gasteiger partial charge in [-0.05, 0) is 99.3 Å². The van der Waals surface area contributed by atoms with Crippen LogP contribution in [0.2, 0.25) is 0 Å². The number of benzene rings is 2. The Hall–Kier alpha value is -2.12. The van der Waals surface area contributed by atoms with E-state index in [1.165, 1.54) is 12.1 Å². The van der Waals surface area contributed by atoms with E-state index in [1.807, 2.05) is 6.92 Å². The van der Waals surface area contributed by atoms with E-state index in [-0.39, 0.29) is 42.0 Å². The van der Waals surface area contributed by atoms with E-state index in [1.54, 1.807) is 12.1 Å². The molecule has 0 unspecified atom stereocenters. The fraction of sp³-hybridized carbons (Fsp3) is 0.636. The molecule has 0 saturated heterocycles. The Bertz CT molecular complexity index is 1080. The lowest BCUT2D eigenvalue weighted by atomic mass is 9.79. The molecule has 7 heteroatoms. The topological polar surface area (TPSA) is 27.7 Å². The minimum Gasteiger partial charge on any atom is -0.490 e. The van der Waals surface area contributed by atoms with Crippen LogP contribution in [-0.2, 0) is 16.1 Å². The smallest absolute Gasteiger partial charge is 0.200 e. The Labute approximate surface area is 236 Å². The first kappa shape index (κ1) is 30.8. The minimum atomic E-state index is -0.991. The number of ether oxygens (including phenoxy) is 3. The van der Waals surface area contributed by atoms with E-state index >= 15 is 8.78 Å². The molecule has 2 saturated carbocycles. The van der Waals surface area contributed by atoms with Crippen LogP contribution in [0.1, 0.15) is 119 Å². The van der Waals surface area contributed by atoms with Gasteiger partial charge in [0.05, 0.1) is 25.4 Å². The van der Waals surface area contributed by atoms with Crippen molar-refractivity contribution >= 4 is 0 Å². The summed E-state index contributed by atoms with van der Waals surface area (Å²) in [4.78, 5) is 0. The van der Waals surface area contributed by atoms with Crippen LogP contribution in [0.25, 0.3) is 0 Å². The Balaban J connectivity index is 1.27. The number of unbranched alkanes of at least 4 members (excludes halogenated alkanes) is 2. The Kier molecular flexibility index (Phi) is 11.7. The highest BCUT2D eigenvalue weighted by Crippen LogP contribution is 2.40. The molecular weight excluding hydrogens is 520 g/mol. The number of hydrogen-bond donors (Lipinski definition) is 0. The summed E-state index contributed by atoms with van der Waals surface area (Å²) in [5, 5.41) is 0. The molecule has 0 N–H and O–H groups in total. The van der Waals surface area contributed by atoms with E-state index in [4.69, 9.17) is 14.2 Å². The summed E-state index contributed by atoms with van der Waals surface area (Å²) in [6, 6.07) is 6.49. The number of hydrogen-bond acceptors (Lipinski definition) is 3. The zero-order chi connectivity index (χ0) is 28.5. The van der Waals surface area contributed by atoms with Gasteiger partial charge in [0.15, 0.2) is 23.2 Å². The number of rotatable bonds is 13. The van der Waals surface area contributed by atoms with E-state index in [0.717, 1.165) is 58.0 Å². The summed E-state index contributed by atoms with van der Waals surface area (Å²) in [5.41, 5.74) is 1.07. The van der Waals surface area contributed by atoms with Gasteiger partial charge in [-0.15, -0.1) is 0 Å². The molecule has 2 aliphatic rings. The van der Waals surface area contributed by atoms with Crippen molar-refractivity contribution in [3.63, 3.8) is 0 Å². The van der Waals surface area contributed by atoms with E-state index in [2.05, 4.69) is 6.92 Å². The SMILES string of the molecule is CCCCOc1ccc(COC2CCC(c3ccc(C4CCC(OCCCC)CC4)c(F)c3F)CC2)c(F)c1F. The first-order chi connectivity index (χ1) is 19.4. The quantitative estimate of drug-likeness (QED) is 0.179. The maximum Gasteiger partial charge on any atom is 0.200 e. The van der Waals surface area contributed by atoms with Gasteiger partial charge < -0.3 is 14.2 Å². The molecule has 222 valence electrons. The average Bonchev–Trinajstić information content (AvgIpc) is 2.97. The van der Waals surface area contributed by atoms with Crippen LogP contribution in [0.15, 0.2) is 24.3 Å². The molecule has 0 aromatic heterocycles. The van der Waals surface area contributed by atoms with Gasteiger partial charge in [-0.3, -0.25) is 0 Å². The molecule has 2 fully saturated rings. The molecule has 4 rings (SSSR count). The molecule has 0 heterocycles. The zero-order valence-corrected chi connectivity index (χ0v) is 24.0. The second-order valence-electron chi connectivity index (χ2n) is 11.4. The molecule has 0 radical (unpaired) electrons. The largest absolute Gasteiger partial charge is 0.490 e. The van der Waals surface area contributed by atoms with Gasteiger partial charge in [0.1, 0.15) is 0 Å². The summed E-state index contributed by atoms with van der Waals surface area (Å²) >= 11 is 0. The fourth-order valence-corrected chi connectivity index (χ4v) is 6.01. The highest BCUT2D eigenvalue weighted by atomic mass is 19.2. The van der Waals surface area contributed by atoms with E-state index in [9.17, 15) is 8.78 Å². The lowest BCUT2D eigenvalue weighted by Crippen LogP contribution is -2.23. The first-order valence-corrected chi connectivity index (χ1v) is 15.2. The third-order valence-corrected chi connectivity index (χ3v) is 8.58. The van der Waals surface area contributed by atoms with Gasteiger partial charge in [0.2, 0.25) is 5.82 Å². The van der Waals surface area contributed by atoms with Crippen molar-refractivity contribution in [2.24, 2.45) is 0 Å². The lowest BCUT2D eigenvalue weighted by Gasteiger charge is -2.31. The van der Waals surface area contributed by atoms with Crippen LogP contribution in [0, 0.1) is 23.3 Å². The molecule has 0 atom stereocenters. The molecule has 2 aromatic rings. The highest BCUT2D eigenvalue weighted by molar-refractivity contribution is 5.32. The summed E-state index contributed by atoms with van der Waals surface area (Å²) in [7, 11) is 0. The summed E-state index contributed by atoms with van der Waals surface area (Å²) in [5.74, 6) is -3.50. The van der Waals surface area contributed by atoms with Crippen LogP contribution >= 0.6 is 0 Å². The van der Waals surface area contributed by atoms with E-state index in [0.29, 0.717) is 43.4 Å². The van der Waals surface area contributed by atoms with Crippen LogP contribution in [-0.4, -0.2) is 25.4 Å². The standard InChI is InChI=1S/C33H44F4O3/c1-3-5-19-38-25-12-7-22(8-13-25)27-16-17-28(32(36)31(27)35)23-9-14-26(15-10-23)40-21-24-11-18-29(33(37)30(24)34)39-20-6-4-2/h11,16-18,22-23,25-26H,3-10,12-15,19-21H2,1-2H3. The Morgan fingerprint density at radius 2 is 1.12 bits per heavy atom. The third-order valence-electron chi connectivity index (χ3n) is 8.58. The number of halogens is 4. The fourth-order valence-electron chi connectivity index (χ4n) is 6.01. The van der Waals surface area contributed by atoms with Crippen LogP contribution < -0.4 is 4.74 Å². The van der Waals surface area contributed by atoms with Crippen molar-refractivity contribution in [2.75, 3.05) is 13.2 Å². The predicted octanol–water partition coefficient (Wildman–Crippen LogP) is 9.51. The van der Waals surface area contributed by atoms with Gasteiger partial charge in [-0.2, -0.15) is 4.39 Å². The molecular formula is C33H44F4O3. The van der Waals surface area contributed by atoms with Gasteiger partial charge in [-0.1, -0.05) is 38.8 Å². The molecule has 2 aliphatic carbocycles. The van der Waals surface area contributed by atoms with Crippen molar-refractivity contribution in [3.8, 4) is 5.75 Å². The predicted molar refractivity (Wildman–Crippen MR) is 149 cm³/mol. The molecule has 2 aromatic carbocycles. The first-order valence-electron chi connectivity index (χ1n) is 15.2. The van der Waals surface area contributed by atoms with Crippen molar-refractivity contribution in [2.45, 2.75) is 122 Å². The average molecular weight is 565 g/mol. The summed E-state index contributed by atoms with van der Waals surface area (Å²) in [6.45, 7) is 5.20. The van der Waals surface area contributed by atoms with Gasteiger partial charge in [0.25, 0.3) is 0 Å². The molecule has 0 spiro atoms. The zero-order valence-electron chi connectivity index (χ0n) is 24.0. The van der Waals surface area contributed by atoms with Crippen LogP contribution in [0.5, 0.6) is 5.75 Å². The second-order valence-corrected chi connectivity index (χ2v) is 11.4. The van der Waals surface area contributed by atoms with Gasteiger partial charge in [-0.25, -0.2) is 13.2 Å². The maximum atomic E-state index is 15.2.